The Morgan fingerprint density at radius 2 is 2.05 bits per heavy atom. The summed E-state index contributed by atoms with van der Waals surface area (Å²) < 4.78 is 31.5. The highest BCUT2D eigenvalue weighted by molar-refractivity contribution is 5.79. The molecule has 0 saturated carbocycles. The standard InChI is InChI=1S/C13H15F2N5O/c1-8-19-12(21-20-8)7-18-13(16-2)17-6-9-5-10(14)3-4-11(9)15/h3-5H,6-7H2,1-2H3,(H2,16,17,18). The van der Waals surface area contributed by atoms with Crippen molar-refractivity contribution in [3.05, 3.63) is 47.1 Å². The first-order valence-corrected chi connectivity index (χ1v) is 6.26. The third kappa shape index (κ3) is 4.23. The lowest BCUT2D eigenvalue weighted by Crippen LogP contribution is -2.36. The Kier molecular flexibility index (Phi) is 4.81. The first-order valence-electron chi connectivity index (χ1n) is 6.26. The predicted molar refractivity (Wildman–Crippen MR) is 72.4 cm³/mol. The Morgan fingerprint density at radius 3 is 2.71 bits per heavy atom. The maximum absolute atomic E-state index is 13.5. The molecule has 1 heterocycles. The molecule has 1 aromatic heterocycles. The van der Waals surface area contributed by atoms with Gasteiger partial charge in [0.2, 0.25) is 5.89 Å². The zero-order valence-corrected chi connectivity index (χ0v) is 11.7. The summed E-state index contributed by atoms with van der Waals surface area (Å²) in [5.74, 6) is 0.392. The number of benzene rings is 1. The molecule has 0 aliphatic rings. The summed E-state index contributed by atoms with van der Waals surface area (Å²) in [6.07, 6.45) is 0. The van der Waals surface area contributed by atoms with Crippen LogP contribution in [0.4, 0.5) is 8.78 Å². The molecule has 1 aromatic carbocycles. The van der Waals surface area contributed by atoms with Crippen LogP contribution in [0.2, 0.25) is 0 Å². The highest BCUT2D eigenvalue weighted by Crippen LogP contribution is 2.09. The minimum atomic E-state index is -0.488. The molecule has 0 bridgehead atoms. The largest absolute Gasteiger partial charge is 0.352 e. The van der Waals surface area contributed by atoms with E-state index in [1.165, 1.54) is 0 Å². The fourth-order valence-electron chi connectivity index (χ4n) is 1.65. The van der Waals surface area contributed by atoms with Crippen LogP contribution in [0.3, 0.4) is 0 Å². The van der Waals surface area contributed by atoms with E-state index in [0.717, 1.165) is 18.2 Å². The first kappa shape index (κ1) is 14.9. The molecule has 8 heteroatoms. The van der Waals surface area contributed by atoms with Gasteiger partial charge < -0.3 is 15.2 Å². The maximum atomic E-state index is 13.5. The minimum absolute atomic E-state index is 0.103. The highest BCUT2D eigenvalue weighted by Gasteiger charge is 2.07. The summed E-state index contributed by atoms with van der Waals surface area (Å²) in [6.45, 7) is 2.10. The Balaban J connectivity index is 1.89. The van der Waals surface area contributed by atoms with E-state index >= 15 is 0 Å². The molecule has 2 rings (SSSR count). The topological polar surface area (TPSA) is 75.3 Å². The molecule has 0 amide bonds. The SMILES string of the molecule is CN=C(NCc1nc(C)no1)NCc1cc(F)ccc1F. The van der Waals surface area contributed by atoms with Crippen LogP contribution < -0.4 is 10.6 Å². The van der Waals surface area contributed by atoms with Crippen molar-refractivity contribution in [3.63, 3.8) is 0 Å². The van der Waals surface area contributed by atoms with Gasteiger partial charge in [-0.05, 0) is 25.1 Å². The van der Waals surface area contributed by atoms with Crippen LogP contribution in [0.1, 0.15) is 17.3 Å². The Labute approximate surface area is 120 Å². The van der Waals surface area contributed by atoms with E-state index < -0.39 is 11.6 Å². The van der Waals surface area contributed by atoms with Gasteiger partial charge in [-0.2, -0.15) is 4.98 Å². The van der Waals surface area contributed by atoms with Gasteiger partial charge in [0.15, 0.2) is 11.8 Å². The average molecular weight is 295 g/mol. The molecular formula is C13H15F2N5O. The number of nitrogens with zero attached hydrogens (tertiary/aromatic N) is 3. The molecule has 0 unspecified atom stereocenters. The number of aliphatic imine (C=N–C) groups is 1. The van der Waals surface area contributed by atoms with Crippen molar-refractivity contribution >= 4 is 5.96 Å². The number of rotatable bonds is 4. The summed E-state index contributed by atoms with van der Waals surface area (Å²) >= 11 is 0. The lowest BCUT2D eigenvalue weighted by molar-refractivity contribution is 0.371. The number of guanidine groups is 1. The van der Waals surface area contributed by atoms with Gasteiger partial charge in [-0.1, -0.05) is 5.16 Å². The van der Waals surface area contributed by atoms with E-state index in [2.05, 4.69) is 25.8 Å². The van der Waals surface area contributed by atoms with Crippen molar-refractivity contribution in [2.24, 2.45) is 4.99 Å². The lowest BCUT2D eigenvalue weighted by Gasteiger charge is -2.11. The molecule has 0 atom stereocenters. The number of halogens is 2. The van der Waals surface area contributed by atoms with Crippen LogP contribution >= 0.6 is 0 Å². The molecule has 0 aliphatic carbocycles. The summed E-state index contributed by atoms with van der Waals surface area (Å²) in [6, 6.07) is 3.30. The van der Waals surface area contributed by atoms with Gasteiger partial charge in [-0.25, -0.2) is 8.78 Å². The lowest BCUT2D eigenvalue weighted by atomic mass is 10.2. The third-order valence-corrected chi connectivity index (χ3v) is 2.65. The number of aryl methyl sites for hydroxylation is 1. The van der Waals surface area contributed by atoms with Crippen molar-refractivity contribution in [1.29, 1.82) is 0 Å². The fraction of sp³-hybridized carbons (Fsp3) is 0.308. The minimum Gasteiger partial charge on any atom is -0.352 e. The van der Waals surface area contributed by atoms with Gasteiger partial charge in [0, 0.05) is 19.2 Å². The van der Waals surface area contributed by atoms with Gasteiger partial charge in [-0.3, -0.25) is 4.99 Å². The van der Waals surface area contributed by atoms with Crippen LogP contribution in [-0.2, 0) is 13.1 Å². The maximum Gasteiger partial charge on any atom is 0.246 e. The summed E-state index contributed by atoms with van der Waals surface area (Å²) in [5.41, 5.74) is 0.214. The summed E-state index contributed by atoms with van der Waals surface area (Å²) in [7, 11) is 1.57. The third-order valence-electron chi connectivity index (χ3n) is 2.65. The van der Waals surface area contributed by atoms with Crippen molar-refractivity contribution in [2.45, 2.75) is 20.0 Å². The normalized spacial score (nSPS) is 11.5. The first-order chi connectivity index (χ1) is 10.1. The van der Waals surface area contributed by atoms with E-state index in [0.29, 0.717) is 17.7 Å². The van der Waals surface area contributed by atoms with Crippen molar-refractivity contribution in [2.75, 3.05) is 7.05 Å². The molecule has 2 N–H and O–H groups in total. The zero-order chi connectivity index (χ0) is 15.2. The Bertz CT molecular complexity index is 641. The highest BCUT2D eigenvalue weighted by atomic mass is 19.1. The summed E-state index contributed by atoms with van der Waals surface area (Å²) in [4.78, 5) is 7.99. The van der Waals surface area contributed by atoms with Crippen molar-refractivity contribution in [1.82, 2.24) is 20.8 Å². The number of hydrogen-bond acceptors (Lipinski definition) is 4. The van der Waals surface area contributed by atoms with Crippen LogP contribution in [0.15, 0.2) is 27.7 Å². The van der Waals surface area contributed by atoms with E-state index in [1.54, 1.807) is 14.0 Å². The van der Waals surface area contributed by atoms with Crippen LogP contribution in [0.5, 0.6) is 0 Å². The fourth-order valence-corrected chi connectivity index (χ4v) is 1.65. The average Bonchev–Trinajstić information content (AvgIpc) is 2.88. The molecule has 112 valence electrons. The van der Waals surface area contributed by atoms with Gasteiger partial charge in [0.1, 0.15) is 11.6 Å². The van der Waals surface area contributed by atoms with E-state index in [-0.39, 0.29) is 18.7 Å². The van der Waals surface area contributed by atoms with E-state index in [9.17, 15) is 8.78 Å². The Morgan fingerprint density at radius 1 is 1.29 bits per heavy atom. The molecule has 2 aromatic rings. The smallest absolute Gasteiger partial charge is 0.246 e. The molecule has 0 saturated heterocycles. The second-order valence-corrected chi connectivity index (χ2v) is 4.25. The zero-order valence-electron chi connectivity index (χ0n) is 11.7. The van der Waals surface area contributed by atoms with Gasteiger partial charge in [-0.15, -0.1) is 0 Å². The second-order valence-electron chi connectivity index (χ2n) is 4.25. The van der Waals surface area contributed by atoms with E-state index in [1.807, 2.05) is 0 Å². The molecular weight excluding hydrogens is 280 g/mol. The molecule has 6 nitrogen and oxygen atoms in total. The van der Waals surface area contributed by atoms with Gasteiger partial charge >= 0.3 is 0 Å². The number of hydrogen-bond donors (Lipinski definition) is 2. The van der Waals surface area contributed by atoms with Crippen LogP contribution in [-0.4, -0.2) is 23.1 Å². The second kappa shape index (κ2) is 6.78. The van der Waals surface area contributed by atoms with Gasteiger partial charge in [0.25, 0.3) is 0 Å². The number of aromatic nitrogens is 2. The predicted octanol–water partition coefficient (Wildman–Crippen LogP) is 1.52. The molecule has 0 radical (unpaired) electrons. The van der Waals surface area contributed by atoms with Gasteiger partial charge in [0.05, 0.1) is 6.54 Å². The quantitative estimate of drug-likeness (QED) is 0.661. The van der Waals surface area contributed by atoms with Crippen LogP contribution in [0, 0.1) is 18.6 Å². The van der Waals surface area contributed by atoms with Crippen molar-refractivity contribution in [3.8, 4) is 0 Å². The monoisotopic (exact) mass is 295 g/mol. The molecule has 0 spiro atoms. The molecule has 21 heavy (non-hydrogen) atoms. The van der Waals surface area contributed by atoms with Crippen molar-refractivity contribution < 1.29 is 13.3 Å². The molecule has 0 aliphatic heterocycles. The molecule has 0 fully saturated rings. The van der Waals surface area contributed by atoms with E-state index in [4.69, 9.17) is 4.52 Å². The van der Waals surface area contributed by atoms with Crippen LogP contribution in [0.25, 0.3) is 0 Å². The summed E-state index contributed by atoms with van der Waals surface area (Å²) in [5, 5.41) is 9.46. The number of nitrogens with one attached hydrogen (secondary N) is 2. The Hall–Kier alpha value is -2.51.